The second kappa shape index (κ2) is 9.47. The van der Waals surface area contributed by atoms with Crippen LogP contribution in [-0.2, 0) is 4.79 Å². The molecule has 0 fully saturated rings. The molecule has 1 atom stereocenters. The maximum absolute atomic E-state index is 13.0. The van der Waals surface area contributed by atoms with Crippen molar-refractivity contribution in [2.45, 2.75) is 19.9 Å². The van der Waals surface area contributed by atoms with E-state index < -0.39 is 23.7 Å². The summed E-state index contributed by atoms with van der Waals surface area (Å²) in [6.07, 6.45) is 1.50. The zero-order chi connectivity index (χ0) is 19.8. The van der Waals surface area contributed by atoms with E-state index in [1.165, 1.54) is 30.5 Å². The van der Waals surface area contributed by atoms with Gasteiger partial charge in [0.2, 0.25) is 0 Å². The largest absolute Gasteiger partial charge is 0.497 e. The lowest BCUT2D eigenvalue weighted by Crippen LogP contribution is -2.48. The SMILES string of the molecule is COc1ccc(/C=N/NC(=O)C(NC(=O)c2ccc(F)cc2)C(C)C)cc1. The number of hydrazone groups is 1. The second-order valence-corrected chi connectivity index (χ2v) is 6.21. The van der Waals surface area contributed by atoms with Gasteiger partial charge in [-0.1, -0.05) is 13.8 Å². The Labute approximate surface area is 157 Å². The van der Waals surface area contributed by atoms with Gasteiger partial charge in [-0.05, 0) is 60.0 Å². The van der Waals surface area contributed by atoms with Crippen molar-refractivity contribution in [1.82, 2.24) is 10.7 Å². The predicted molar refractivity (Wildman–Crippen MR) is 101 cm³/mol. The van der Waals surface area contributed by atoms with Crippen molar-refractivity contribution in [3.8, 4) is 5.75 Å². The van der Waals surface area contributed by atoms with E-state index in [4.69, 9.17) is 4.74 Å². The molecule has 0 aliphatic heterocycles. The molecule has 0 spiro atoms. The number of methoxy groups -OCH3 is 1. The fourth-order valence-electron chi connectivity index (χ4n) is 2.29. The molecule has 2 amide bonds. The van der Waals surface area contributed by atoms with Crippen LogP contribution in [0.1, 0.15) is 29.8 Å². The number of halogens is 1. The molecule has 0 aromatic heterocycles. The van der Waals surface area contributed by atoms with Gasteiger partial charge in [-0.15, -0.1) is 0 Å². The van der Waals surface area contributed by atoms with Gasteiger partial charge in [0.25, 0.3) is 11.8 Å². The Morgan fingerprint density at radius 1 is 1.07 bits per heavy atom. The molecule has 142 valence electrons. The number of hydrogen-bond acceptors (Lipinski definition) is 4. The highest BCUT2D eigenvalue weighted by Gasteiger charge is 2.24. The summed E-state index contributed by atoms with van der Waals surface area (Å²) >= 11 is 0. The fourth-order valence-corrected chi connectivity index (χ4v) is 2.29. The van der Waals surface area contributed by atoms with E-state index in [1.807, 2.05) is 13.8 Å². The molecule has 0 saturated carbocycles. The van der Waals surface area contributed by atoms with Gasteiger partial charge in [0.05, 0.1) is 13.3 Å². The van der Waals surface area contributed by atoms with E-state index in [0.29, 0.717) is 0 Å². The summed E-state index contributed by atoms with van der Waals surface area (Å²) in [6, 6.07) is 11.5. The number of carbonyl (C=O) groups is 2. The highest BCUT2D eigenvalue weighted by atomic mass is 19.1. The topological polar surface area (TPSA) is 79.8 Å². The van der Waals surface area contributed by atoms with Crippen LogP contribution in [0.5, 0.6) is 5.75 Å². The first kappa shape index (κ1) is 20.1. The first-order valence-electron chi connectivity index (χ1n) is 8.44. The molecule has 27 heavy (non-hydrogen) atoms. The number of hydrogen-bond donors (Lipinski definition) is 2. The summed E-state index contributed by atoms with van der Waals surface area (Å²) in [4.78, 5) is 24.6. The first-order chi connectivity index (χ1) is 12.9. The number of nitrogens with one attached hydrogen (secondary N) is 2. The highest BCUT2D eigenvalue weighted by molar-refractivity contribution is 5.97. The third-order valence-electron chi connectivity index (χ3n) is 3.85. The maximum Gasteiger partial charge on any atom is 0.262 e. The Morgan fingerprint density at radius 2 is 1.70 bits per heavy atom. The molecule has 0 aliphatic carbocycles. The molecule has 0 bridgehead atoms. The zero-order valence-corrected chi connectivity index (χ0v) is 15.4. The Kier molecular flexibility index (Phi) is 7.05. The maximum atomic E-state index is 13.0. The van der Waals surface area contributed by atoms with Crippen molar-refractivity contribution in [3.63, 3.8) is 0 Å². The van der Waals surface area contributed by atoms with Gasteiger partial charge in [-0.3, -0.25) is 9.59 Å². The molecule has 6 nitrogen and oxygen atoms in total. The van der Waals surface area contributed by atoms with Crippen LogP contribution in [0.2, 0.25) is 0 Å². The number of nitrogens with zero attached hydrogens (tertiary/aromatic N) is 1. The van der Waals surface area contributed by atoms with Crippen LogP contribution < -0.4 is 15.5 Å². The first-order valence-corrected chi connectivity index (χ1v) is 8.44. The minimum atomic E-state index is -0.782. The van der Waals surface area contributed by atoms with Gasteiger partial charge in [-0.25, -0.2) is 9.82 Å². The Morgan fingerprint density at radius 3 is 2.26 bits per heavy atom. The molecule has 2 N–H and O–H groups in total. The summed E-state index contributed by atoms with van der Waals surface area (Å²) in [7, 11) is 1.58. The molecule has 2 rings (SSSR count). The monoisotopic (exact) mass is 371 g/mol. The molecule has 0 saturated heterocycles. The Hall–Kier alpha value is -3.22. The molecule has 0 heterocycles. The van der Waals surface area contributed by atoms with Gasteiger partial charge in [0.15, 0.2) is 0 Å². The third-order valence-corrected chi connectivity index (χ3v) is 3.85. The van der Waals surface area contributed by atoms with E-state index in [-0.39, 0.29) is 11.5 Å². The van der Waals surface area contributed by atoms with Crippen LogP contribution in [0.25, 0.3) is 0 Å². The number of benzene rings is 2. The number of carbonyl (C=O) groups excluding carboxylic acids is 2. The standard InChI is InChI=1S/C20H22FN3O3/c1-13(2)18(23-19(25)15-6-8-16(21)9-7-15)20(26)24-22-12-14-4-10-17(27-3)11-5-14/h4-13,18H,1-3H3,(H,23,25)(H,24,26)/b22-12+. The normalized spacial score (nSPS) is 12.0. The smallest absolute Gasteiger partial charge is 0.262 e. The van der Waals surface area contributed by atoms with Crippen LogP contribution in [0.15, 0.2) is 53.6 Å². The lowest BCUT2D eigenvalue weighted by molar-refractivity contribution is -0.123. The van der Waals surface area contributed by atoms with Crippen LogP contribution in [0, 0.1) is 11.7 Å². The van der Waals surface area contributed by atoms with Gasteiger partial charge >= 0.3 is 0 Å². The average molecular weight is 371 g/mol. The summed E-state index contributed by atoms with van der Waals surface area (Å²) in [5, 5.41) is 6.58. The van der Waals surface area contributed by atoms with Crippen LogP contribution >= 0.6 is 0 Å². The van der Waals surface area contributed by atoms with Crippen molar-refractivity contribution in [2.75, 3.05) is 7.11 Å². The van der Waals surface area contributed by atoms with Crippen molar-refractivity contribution in [1.29, 1.82) is 0 Å². The Balaban J connectivity index is 1.98. The van der Waals surface area contributed by atoms with Crippen LogP contribution in [0.3, 0.4) is 0 Å². The minimum absolute atomic E-state index is 0.161. The summed E-state index contributed by atoms with van der Waals surface area (Å²) in [6.45, 7) is 3.62. The average Bonchev–Trinajstić information content (AvgIpc) is 2.66. The molecule has 0 radical (unpaired) electrons. The lowest BCUT2D eigenvalue weighted by atomic mass is 10.0. The van der Waals surface area contributed by atoms with Gasteiger partial charge < -0.3 is 10.1 Å². The third kappa shape index (κ3) is 5.91. The zero-order valence-electron chi connectivity index (χ0n) is 15.4. The van der Waals surface area contributed by atoms with Gasteiger partial charge in [-0.2, -0.15) is 5.10 Å². The van der Waals surface area contributed by atoms with Crippen LogP contribution in [0.4, 0.5) is 4.39 Å². The van der Waals surface area contributed by atoms with Crippen molar-refractivity contribution in [2.24, 2.45) is 11.0 Å². The fraction of sp³-hybridized carbons (Fsp3) is 0.250. The summed E-state index contributed by atoms with van der Waals surface area (Å²) in [5.41, 5.74) is 3.49. The number of ether oxygens (including phenoxy) is 1. The summed E-state index contributed by atoms with van der Waals surface area (Å²) in [5.74, 6) is -0.768. The molecule has 2 aromatic rings. The minimum Gasteiger partial charge on any atom is -0.497 e. The van der Waals surface area contributed by atoms with Crippen molar-refractivity contribution in [3.05, 3.63) is 65.5 Å². The highest BCUT2D eigenvalue weighted by Crippen LogP contribution is 2.10. The predicted octanol–water partition coefficient (Wildman–Crippen LogP) is 2.74. The van der Waals surface area contributed by atoms with Gasteiger partial charge in [0.1, 0.15) is 17.6 Å². The molecular formula is C20H22FN3O3. The molecule has 7 heteroatoms. The number of amides is 2. The molecule has 0 aliphatic rings. The van der Waals surface area contributed by atoms with Crippen LogP contribution in [-0.4, -0.2) is 31.2 Å². The van der Waals surface area contributed by atoms with E-state index in [1.54, 1.807) is 31.4 Å². The summed E-state index contributed by atoms with van der Waals surface area (Å²) < 4.78 is 18.0. The van der Waals surface area contributed by atoms with Crippen molar-refractivity contribution >= 4 is 18.0 Å². The van der Waals surface area contributed by atoms with E-state index in [0.717, 1.165) is 11.3 Å². The number of rotatable bonds is 7. The van der Waals surface area contributed by atoms with E-state index in [2.05, 4.69) is 15.8 Å². The van der Waals surface area contributed by atoms with E-state index >= 15 is 0 Å². The van der Waals surface area contributed by atoms with Gasteiger partial charge in [0, 0.05) is 5.56 Å². The molecule has 1 unspecified atom stereocenters. The lowest BCUT2D eigenvalue weighted by Gasteiger charge is -2.20. The van der Waals surface area contributed by atoms with E-state index in [9.17, 15) is 14.0 Å². The quantitative estimate of drug-likeness (QED) is 0.580. The Bertz CT molecular complexity index is 802. The second-order valence-electron chi connectivity index (χ2n) is 6.21. The molecular weight excluding hydrogens is 349 g/mol. The van der Waals surface area contributed by atoms with Crippen molar-refractivity contribution < 1.29 is 18.7 Å². The molecule has 2 aromatic carbocycles.